The number of aryl methyl sites for hydroxylation is 2. The summed E-state index contributed by atoms with van der Waals surface area (Å²) in [6, 6.07) is 19.0. The second-order valence-corrected chi connectivity index (χ2v) is 7.64. The van der Waals surface area contributed by atoms with Crippen molar-refractivity contribution >= 4 is 23.2 Å². The van der Waals surface area contributed by atoms with Crippen molar-refractivity contribution in [3.05, 3.63) is 105 Å². The van der Waals surface area contributed by atoms with Crippen LogP contribution in [0.15, 0.2) is 66.7 Å². The standard InChI is InChI=1S/C24H21N3O4/c1-15-8-11-20-19(12-15)23(17-6-4-3-5-7-17)26(14-22(28)25-20)24(29)18-10-9-16(2)21(13-18)27(30)31/h3-13,23H,14H2,1-2H3,(H,25,28)/t23-/m1/s1. The predicted molar refractivity (Wildman–Crippen MR) is 117 cm³/mol. The Hall–Kier alpha value is -4.00. The summed E-state index contributed by atoms with van der Waals surface area (Å²) in [7, 11) is 0. The van der Waals surface area contributed by atoms with Crippen LogP contribution in [0, 0.1) is 24.0 Å². The SMILES string of the molecule is Cc1ccc2c(c1)[C@@H](c1ccccc1)N(C(=O)c1ccc(C)c([N+](=O)[O-])c1)CC(=O)N2. The highest BCUT2D eigenvalue weighted by Gasteiger charge is 2.34. The molecule has 1 aliphatic heterocycles. The summed E-state index contributed by atoms with van der Waals surface area (Å²) in [6.07, 6.45) is 0. The Morgan fingerprint density at radius 2 is 1.81 bits per heavy atom. The van der Waals surface area contributed by atoms with Gasteiger partial charge in [0.2, 0.25) is 5.91 Å². The molecule has 7 heteroatoms. The number of nitrogens with one attached hydrogen (secondary N) is 1. The van der Waals surface area contributed by atoms with Gasteiger partial charge in [-0.25, -0.2) is 0 Å². The molecule has 1 heterocycles. The van der Waals surface area contributed by atoms with E-state index in [1.807, 2.05) is 55.5 Å². The molecule has 0 radical (unpaired) electrons. The maximum Gasteiger partial charge on any atom is 0.273 e. The molecule has 3 aromatic rings. The van der Waals surface area contributed by atoms with Crippen LogP contribution >= 0.6 is 0 Å². The fourth-order valence-corrected chi connectivity index (χ4v) is 3.91. The Morgan fingerprint density at radius 1 is 1.06 bits per heavy atom. The number of carbonyl (C=O) groups excluding carboxylic acids is 2. The number of nitro groups is 1. The Bertz CT molecular complexity index is 1190. The third kappa shape index (κ3) is 3.90. The fraction of sp³-hybridized carbons (Fsp3) is 0.167. The van der Waals surface area contributed by atoms with Gasteiger partial charge in [-0.3, -0.25) is 19.7 Å². The molecule has 0 spiro atoms. The third-order valence-corrected chi connectivity index (χ3v) is 5.43. The molecule has 7 nitrogen and oxygen atoms in total. The first kappa shape index (κ1) is 20.3. The van der Waals surface area contributed by atoms with Gasteiger partial charge in [0.1, 0.15) is 6.54 Å². The molecule has 1 N–H and O–H groups in total. The molecular weight excluding hydrogens is 394 g/mol. The van der Waals surface area contributed by atoms with Crippen LogP contribution in [0.4, 0.5) is 11.4 Å². The molecule has 1 atom stereocenters. The summed E-state index contributed by atoms with van der Waals surface area (Å²) in [5, 5.41) is 14.3. The molecule has 3 aromatic carbocycles. The quantitative estimate of drug-likeness (QED) is 0.507. The van der Waals surface area contributed by atoms with Gasteiger partial charge in [0.25, 0.3) is 11.6 Å². The zero-order valence-corrected chi connectivity index (χ0v) is 17.2. The van der Waals surface area contributed by atoms with Crippen LogP contribution in [-0.4, -0.2) is 28.2 Å². The molecule has 0 fully saturated rings. The monoisotopic (exact) mass is 415 g/mol. The number of hydrogen-bond donors (Lipinski definition) is 1. The average molecular weight is 415 g/mol. The lowest BCUT2D eigenvalue weighted by molar-refractivity contribution is -0.385. The van der Waals surface area contributed by atoms with Gasteiger partial charge in [0.05, 0.1) is 11.0 Å². The number of rotatable bonds is 3. The van der Waals surface area contributed by atoms with Gasteiger partial charge in [-0.05, 0) is 31.5 Å². The fourth-order valence-electron chi connectivity index (χ4n) is 3.91. The summed E-state index contributed by atoms with van der Waals surface area (Å²) in [4.78, 5) is 38.6. The van der Waals surface area contributed by atoms with E-state index in [4.69, 9.17) is 0 Å². The van der Waals surface area contributed by atoms with Crippen molar-refractivity contribution in [1.82, 2.24) is 4.90 Å². The molecule has 0 aromatic heterocycles. The highest BCUT2D eigenvalue weighted by molar-refractivity contribution is 6.01. The number of hydrogen-bond acceptors (Lipinski definition) is 4. The van der Waals surface area contributed by atoms with Crippen LogP contribution < -0.4 is 5.32 Å². The van der Waals surface area contributed by atoms with Gasteiger partial charge in [-0.15, -0.1) is 0 Å². The zero-order valence-electron chi connectivity index (χ0n) is 17.2. The predicted octanol–water partition coefficient (Wildman–Crippen LogP) is 4.40. The Morgan fingerprint density at radius 3 is 2.52 bits per heavy atom. The summed E-state index contributed by atoms with van der Waals surface area (Å²) in [5.41, 5.74) is 3.80. The van der Waals surface area contributed by atoms with E-state index < -0.39 is 16.9 Å². The molecular formula is C24H21N3O4. The maximum absolute atomic E-state index is 13.6. The zero-order chi connectivity index (χ0) is 22.1. The van der Waals surface area contributed by atoms with E-state index in [2.05, 4.69) is 5.32 Å². The van der Waals surface area contributed by atoms with Crippen molar-refractivity contribution in [2.75, 3.05) is 11.9 Å². The molecule has 0 unspecified atom stereocenters. The highest BCUT2D eigenvalue weighted by atomic mass is 16.6. The minimum Gasteiger partial charge on any atom is -0.324 e. The van der Waals surface area contributed by atoms with E-state index in [9.17, 15) is 19.7 Å². The average Bonchev–Trinajstić information content (AvgIpc) is 2.89. The van der Waals surface area contributed by atoms with Crippen molar-refractivity contribution in [3.63, 3.8) is 0 Å². The van der Waals surface area contributed by atoms with Crippen LogP contribution in [-0.2, 0) is 4.79 Å². The minimum atomic E-state index is -0.525. The summed E-state index contributed by atoms with van der Waals surface area (Å²) in [5.74, 6) is -0.764. The molecule has 156 valence electrons. The number of amides is 2. The molecule has 0 aliphatic carbocycles. The number of nitrogens with zero attached hydrogens (tertiary/aromatic N) is 2. The van der Waals surface area contributed by atoms with Crippen LogP contribution in [0.2, 0.25) is 0 Å². The van der Waals surface area contributed by atoms with Gasteiger partial charge < -0.3 is 10.2 Å². The first-order chi connectivity index (χ1) is 14.8. The Kier molecular flexibility index (Phi) is 5.25. The number of benzene rings is 3. The largest absolute Gasteiger partial charge is 0.324 e. The number of nitro benzene ring substituents is 1. The van der Waals surface area contributed by atoms with Crippen molar-refractivity contribution in [2.24, 2.45) is 0 Å². The molecule has 1 aliphatic rings. The van der Waals surface area contributed by atoms with Crippen LogP contribution in [0.1, 0.15) is 38.7 Å². The van der Waals surface area contributed by atoms with Gasteiger partial charge in [0, 0.05) is 28.4 Å². The maximum atomic E-state index is 13.6. The Labute approximate surface area is 179 Å². The van der Waals surface area contributed by atoms with Crippen molar-refractivity contribution < 1.29 is 14.5 Å². The van der Waals surface area contributed by atoms with Gasteiger partial charge in [-0.1, -0.05) is 54.1 Å². The summed E-state index contributed by atoms with van der Waals surface area (Å²) in [6.45, 7) is 3.40. The lowest BCUT2D eigenvalue weighted by Crippen LogP contribution is -2.39. The van der Waals surface area contributed by atoms with Crippen LogP contribution in [0.25, 0.3) is 0 Å². The number of carbonyl (C=O) groups is 2. The van der Waals surface area contributed by atoms with E-state index in [0.29, 0.717) is 11.3 Å². The first-order valence-electron chi connectivity index (χ1n) is 9.86. The lowest BCUT2D eigenvalue weighted by Gasteiger charge is -2.31. The summed E-state index contributed by atoms with van der Waals surface area (Å²) < 4.78 is 0. The van der Waals surface area contributed by atoms with Crippen LogP contribution in [0.3, 0.4) is 0 Å². The van der Waals surface area contributed by atoms with Gasteiger partial charge in [-0.2, -0.15) is 0 Å². The van der Waals surface area contributed by atoms with Crippen molar-refractivity contribution in [2.45, 2.75) is 19.9 Å². The van der Waals surface area contributed by atoms with E-state index in [1.165, 1.54) is 11.0 Å². The molecule has 31 heavy (non-hydrogen) atoms. The Balaban J connectivity index is 1.88. The third-order valence-electron chi connectivity index (χ3n) is 5.43. The van der Waals surface area contributed by atoms with Gasteiger partial charge >= 0.3 is 0 Å². The van der Waals surface area contributed by atoms with Crippen molar-refractivity contribution in [3.8, 4) is 0 Å². The van der Waals surface area contributed by atoms with Gasteiger partial charge in [0.15, 0.2) is 0 Å². The topological polar surface area (TPSA) is 92.6 Å². The first-order valence-corrected chi connectivity index (χ1v) is 9.86. The molecule has 0 saturated carbocycles. The molecule has 0 bridgehead atoms. The van der Waals surface area contributed by atoms with Crippen LogP contribution in [0.5, 0.6) is 0 Å². The second-order valence-electron chi connectivity index (χ2n) is 7.64. The highest BCUT2D eigenvalue weighted by Crippen LogP contribution is 2.37. The number of anilines is 1. The summed E-state index contributed by atoms with van der Waals surface area (Å²) >= 11 is 0. The second kappa shape index (κ2) is 8.02. The van der Waals surface area contributed by atoms with E-state index >= 15 is 0 Å². The molecule has 0 saturated heterocycles. The minimum absolute atomic E-state index is 0.127. The van der Waals surface area contributed by atoms with E-state index in [1.54, 1.807) is 19.1 Å². The lowest BCUT2D eigenvalue weighted by atomic mass is 9.94. The van der Waals surface area contributed by atoms with Crippen molar-refractivity contribution in [1.29, 1.82) is 0 Å². The molecule has 2 amide bonds. The van der Waals surface area contributed by atoms with E-state index in [0.717, 1.165) is 16.7 Å². The molecule has 4 rings (SSSR count). The number of fused-ring (bicyclic) bond motifs is 1. The van der Waals surface area contributed by atoms with E-state index in [-0.39, 0.29) is 23.7 Å². The smallest absolute Gasteiger partial charge is 0.273 e. The normalized spacial score (nSPS) is 15.6.